The molecule has 2 heterocycles. The first-order valence-electron chi connectivity index (χ1n) is 10.5. The van der Waals surface area contributed by atoms with Gasteiger partial charge in [-0.05, 0) is 17.2 Å². The van der Waals surface area contributed by atoms with Gasteiger partial charge >= 0.3 is 5.97 Å². The quantitative estimate of drug-likeness (QED) is 0.478. The number of carbonyl (C=O) groups excluding carboxylic acids is 3. The van der Waals surface area contributed by atoms with Crippen molar-refractivity contribution < 1.29 is 23.9 Å². The fourth-order valence-electron chi connectivity index (χ4n) is 3.83. The van der Waals surface area contributed by atoms with Crippen LogP contribution in [0.2, 0.25) is 0 Å². The molecule has 0 aliphatic carbocycles. The van der Waals surface area contributed by atoms with Crippen LogP contribution < -0.4 is 10.1 Å². The van der Waals surface area contributed by atoms with Gasteiger partial charge in [-0.25, -0.2) is 4.79 Å². The highest BCUT2D eigenvalue weighted by atomic mass is 32.2. The lowest BCUT2D eigenvalue weighted by atomic mass is 10.0. The second kappa shape index (κ2) is 9.95. The summed E-state index contributed by atoms with van der Waals surface area (Å²) in [7, 11) is 1.55. The summed E-state index contributed by atoms with van der Waals surface area (Å²) in [5.74, 6) is -0.0805. The van der Waals surface area contributed by atoms with Crippen LogP contribution in [-0.2, 0) is 32.1 Å². The Hall–Kier alpha value is -3.52. The van der Waals surface area contributed by atoms with E-state index in [2.05, 4.69) is 11.9 Å². The number of carbonyl (C=O) groups is 3. The minimum absolute atomic E-state index is 0.00779. The van der Waals surface area contributed by atoms with E-state index in [-0.39, 0.29) is 35.9 Å². The number of ether oxygens (including phenoxy) is 2. The smallest absolute Gasteiger partial charge is 0.355 e. The highest BCUT2D eigenvalue weighted by Crippen LogP contribution is 2.41. The zero-order valence-corrected chi connectivity index (χ0v) is 19.0. The number of thioether (sulfide) groups is 1. The molecule has 170 valence electrons. The maximum Gasteiger partial charge on any atom is 0.355 e. The first-order chi connectivity index (χ1) is 16.0. The minimum Gasteiger partial charge on any atom is -0.496 e. The van der Waals surface area contributed by atoms with Crippen LogP contribution in [0.4, 0.5) is 0 Å². The summed E-state index contributed by atoms with van der Waals surface area (Å²) >= 11 is 1.48. The van der Waals surface area contributed by atoms with E-state index in [1.807, 2.05) is 48.5 Å². The van der Waals surface area contributed by atoms with Crippen molar-refractivity contribution in [1.82, 2.24) is 10.2 Å². The summed E-state index contributed by atoms with van der Waals surface area (Å²) in [6.45, 7) is 3.79. The Morgan fingerprint density at radius 3 is 2.64 bits per heavy atom. The van der Waals surface area contributed by atoms with E-state index < -0.39 is 12.0 Å². The van der Waals surface area contributed by atoms with Crippen molar-refractivity contribution >= 4 is 29.5 Å². The summed E-state index contributed by atoms with van der Waals surface area (Å²) < 4.78 is 10.8. The van der Waals surface area contributed by atoms with Gasteiger partial charge in [0, 0.05) is 11.3 Å². The highest BCUT2D eigenvalue weighted by molar-refractivity contribution is 8.00. The molecule has 2 aromatic rings. The fraction of sp³-hybridized carbons (Fsp3) is 0.240. The van der Waals surface area contributed by atoms with Crippen molar-refractivity contribution in [1.29, 1.82) is 0 Å². The van der Waals surface area contributed by atoms with Crippen LogP contribution in [0.3, 0.4) is 0 Å². The van der Waals surface area contributed by atoms with Crippen molar-refractivity contribution in [2.45, 2.75) is 24.4 Å². The van der Waals surface area contributed by atoms with Gasteiger partial charge in [-0.15, -0.1) is 11.8 Å². The van der Waals surface area contributed by atoms with Crippen LogP contribution in [0.15, 0.2) is 78.5 Å². The molecule has 33 heavy (non-hydrogen) atoms. The Labute approximate surface area is 196 Å². The average Bonchev–Trinajstić information content (AvgIpc) is 2.85. The van der Waals surface area contributed by atoms with Crippen molar-refractivity contribution in [3.63, 3.8) is 0 Å². The number of para-hydroxylation sites is 1. The van der Waals surface area contributed by atoms with Crippen molar-refractivity contribution in [2.24, 2.45) is 0 Å². The molecule has 1 unspecified atom stereocenters. The predicted molar refractivity (Wildman–Crippen MR) is 125 cm³/mol. The number of rotatable bonds is 8. The summed E-state index contributed by atoms with van der Waals surface area (Å²) in [4.78, 5) is 39.8. The molecule has 1 saturated heterocycles. The van der Waals surface area contributed by atoms with Crippen molar-refractivity contribution in [3.05, 3.63) is 89.6 Å². The maximum absolute atomic E-state index is 13.0. The van der Waals surface area contributed by atoms with Gasteiger partial charge in [0.05, 0.1) is 13.5 Å². The standard InChI is InChI=1S/C25H24N2O5S/c1-3-17-15-33-24-21(26-20(28)13-16-9-5-4-6-10-16)23(29)27(24)22(17)25(30)32-14-18-11-7-8-12-19(18)31-2/h3-12,21,24H,1,13-15H2,2H3,(H,26,28)/t21?,24-/m1/s1. The Morgan fingerprint density at radius 2 is 1.91 bits per heavy atom. The molecule has 4 rings (SSSR count). The van der Waals surface area contributed by atoms with E-state index in [4.69, 9.17) is 9.47 Å². The summed E-state index contributed by atoms with van der Waals surface area (Å²) in [5, 5.41) is 2.45. The third kappa shape index (κ3) is 4.66. The number of nitrogens with zero attached hydrogens (tertiary/aromatic N) is 1. The molecule has 2 aromatic carbocycles. The lowest BCUT2D eigenvalue weighted by Gasteiger charge is -2.49. The molecule has 7 nitrogen and oxygen atoms in total. The molecule has 2 amide bonds. The van der Waals surface area contributed by atoms with Crippen LogP contribution in [0.5, 0.6) is 5.75 Å². The summed E-state index contributed by atoms with van der Waals surface area (Å²) in [6.07, 6.45) is 1.75. The maximum atomic E-state index is 13.0. The molecule has 0 aromatic heterocycles. The molecular formula is C25H24N2O5S. The van der Waals surface area contributed by atoms with Gasteiger partial charge in [-0.1, -0.05) is 61.2 Å². The Kier molecular flexibility index (Phi) is 6.84. The van der Waals surface area contributed by atoms with E-state index in [0.29, 0.717) is 17.1 Å². The predicted octanol–water partition coefficient (Wildman–Crippen LogP) is 2.82. The number of benzene rings is 2. The van der Waals surface area contributed by atoms with Gasteiger partial charge in [0.2, 0.25) is 5.91 Å². The zero-order chi connectivity index (χ0) is 23.4. The lowest BCUT2D eigenvalue weighted by Crippen LogP contribution is -2.70. The first kappa shape index (κ1) is 22.7. The van der Waals surface area contributed by atoms with Crippen LogP contribution in [-0.4, -0.2) is 47.0 Å². The van der Waals surface area contributed by atoms with Crippen LogP contribution >= 0.6 is 11.8 Å². The number of fused-ring (bicyclic) bond motifs is 1. The average molecular weight is 465 g/mol. The van der Waals surface area contributed by atoms with Crippen molar-refractivity contribution in [3.8, 4) is 5.75 Å². The molecule has 0 spiro atoms. The number of allylic oxidation sites excluding steroid dienone is 1. The molecule has 1 N–H and O–H groups in total. The van der Waals surface area contributed by atoms with Gasteiger partial charge in [0.15, 0.2) is 0 Å². The van der Waals surface area contributed by atoms with Crippen LogP contribution in [0.25, 0.3) is 0 Å². The largest absolute Gasteiger partial charge is 0.496 e. The van der Waals surface area contributed by atoms with Gasteiger partial charge in [0.1, 0.15) is 29.5 Å². The van der Waals surface area contributed by atoms with Crippen LogP contribution in [0.1, 0.15) is 11.1 Å². The SMILES string of the molecule is C=CC1=C(C(=O)OCc2ccccc2OC)N2C(=O)C(NC(=O)Cc3ccccc3)[C@H]2SC1. The number of esters is 1. The number of nitrogens with one attached hydrogen (secondary N) is 1. The van der Waals surface area contributed by atoms with Crippen LogP contribution in [0, 0.1) is 0 Å². The Balaban J connectivity index is 1.44. The number of amides is 2. The number of hydrogen-bond donors (Lipinski definition) is 1. The Morgan fingerprint density at radius 1 is 1.18 bits per heavy atom. The summed E-state index contributed by atoms with van der Waals surface area (Å²) in [5.41, 5.74) is 2.40. The number of hydrogen-bond acceptors (Lipinski definition) is 6. The molecule has 0 saturated carbocycles. The Bertz CT molecular complexity index is 1110. The van der Waals surface area contributed by atoms with E-state index in [9.17, 15) is 14.4 Å². The third-order valence-electron chi connectivity index (χ3n) is 5.51. The zero-order valence-electron chi connectivity index (χ0n) is 18.2. The van der Waals surface area contributed by atoms with E-state index in [0.717, 1.165) is 11.1 Å². The monoisotopic (exact) mass is 464 g/mol. The fourth-order valence-corrected chi connectivity index (χ4v) is 5.17. The van der Waals surface area contributed by atoms with E-state index >= 15 is 0 Å². The van der Waals surface area contributed by atoms with E-state index in [1.165, 1.54) is 16.7 Å². The molecule has 2 atom stereocenters. The van der Waals surface area contributed by atoms with Gasteiger partial charge in [-0.2, -0.15) is 0 Å². The lowest BCUT2D eigenvalue weighted by molar-refractivity contribution is -0.153. The molecule has 2 aliphatic rings. The highest BCUT2D eigenvalue weighted by Gasteiger charge is 2.54. The third-order valence-corrected chi connectivity index (χ3v) is 6.81. The van der Waals surface area contributed by atoms with E-state index in [1.54, 1.807) is 19.3 Å². The number of methoxy groups -OCH3 is 1. The summed E-state index contributed by atoms with van der Waals surface area (Å²) in [6, 6.07) is 15.9. The molecule has 1 fully saturated rings. The normalized spacial score (nSPS) is 19.3. The topological polar surface area (TPSA) is 84.9 Å². The van der Waals surface area contributed by atoms with Gasteiger partial charge < -0.3 is 14.8 Å². The minimum atomic E-state index is -0.686. The van der Waals surface area contributed by atoms with Gasteiger partial charge in [-0.3, -0.25) is 14.5 Å². The van der Waals surface area contributed by atoms with Gasteiger partial charge in [0.25, 0.3) is 5.91 Å². The molecule has 0 radical (unpaired) electrons. The molecule has 0 bridgehead atoms. The second-order valence-electron chi connectivity index (χ2n) is 7.58. The number of β-lactam (4-membered cyclic amide) rings is 1. The molecular weight excluding hydrogens is 440 g/mol. The first-order valence-corrected chi connectivity index (χ1v) is 11.5. The molecule has 2 aliphatic heterocycles. The second-order valence-corrected chi connectivity index (χ2v) is 8.69. The molecule has 8 heteroatoms. The van der Waals surface area contributed by atoms with Crippen molar-refractivity contribution in [2.75, 3.05) is 12.9 Å².